The van der Waals surface area contributed by atoms with E-state index in [2.05, 4.69) is 10.3 Å². The molecule has 1 aromatic rings. The third kappa shape index (κ3) is 2.41. The lowest BCUT2D eigenvalue weighted by molar-refractivity contribution is 0.890. The number of nitrogens with one attached hydrogen (secondary N) is 1. The molecule has 1 rings (SSSR count). The van der Waals surface area contributed by atoms with Gasteiger partial charge < -0.3 is 5.32 Å². The normalized spacial score (nSPS) is 10.3. The van der Waals surface area contributed by atoms with Crippen molar-refractivity contribution in [1.29, 1.82) is 0 Å². The number of nitrogens with zero attached hydrogens (tertiary/aromatic N) is 1. The number of aromatic nitrogens is 1. The number of halogens is 1. The standard InChI is InChI=1S/C8H10BClN2/c1-5(2)12-8-3-6(9)7(10)4-11-8/h3-5H,1-2H3,(H,11,12). The van der Waals surface area contributed by atoms with Crippen molar-refractivity contribution < 1.29 is 0 Å². The molecule has 0 aliphatic carbocycles. The lowest BCUT2D eigenvalue weighted by Gasteiger charge is -2.09. The molecule has 0 bridgehead atoms. The van der Waals surface area contributed by atoms with Crippen molar-refractivity contribution in [3.05, 3.63) is 17.3 Å². The van der Waals surface area contributed by atoms with Crippen molar-refractivity contribution in [2.24, 2.45) is 0 Å². The van der Waals surface area contributed by atoms with Gasteiger partial charge in [-0.2, -0.15) is 0 Å². The first-order chi connectivity index (χ1) is 5.59. The highest BCUT2D eigenvalue weighted by molar-refractivity contribution is 6.45. The number of hydrogen-bond donors (Lipinski definition) is 1. The number of rotatable bonds is 2. The Morgan fingerprint density at radius 2 is 2.25 bits per heavy atom. The fourth-order valence-corrected chi connectivity index (χ4v) is 0.932. The molecule has 0 saturated carbocycles. The molecule has 0 atom stereocenters. The molecule has 0 spiro atoms. The summed E-state index contributed by atoms with van der Waals surface area (Å²) in [6.45, 7) is 4.07. The molecule has 0 aromatic carbocycles. The quantitative estimate of drug-likeness (QED) is 0.695. The van der Waals surface area contributed by atoms with Crippen LogP contribution in [0.3, 0.4) is 0 Å². The van der Waals surface area contributed by atoms with Crippen LogP contribution in [0.2, 0.25) is 5.02 Å². The van der Waals surface area contributed by atoms with E-state index in [0.29, 0.717) is 16.5 Å². The molecule has 0 aliphatic rings. The molecule has 2 radical (unpaired) electrons. The highest BCUT2D eigenvalue weighted by Gasteiger charge is 1.99. The lowest BCUT2D eigenvalue weighted by atomic mass is 9.98. The summed E-state index contributed by atoms with van der Waals surface area (Å²) in [5.74, 6) is 0.756. The van der Waals surface area contributed by atoms with Crippen LogP contribution in [-0.2, 0) is 0 Å². The maximum Gasteiger partial charge on any atom is 0.125 e. The monoisotopic (exact) mass is 180 g/mol. The Morgan fingerprint density at radius 3 is 2.75 bits per heavy atom. The van der Waals surface area contributed by atoms with Crippen LogP contribution in [0.25, 0.3) is 0 Å². The van der Waals surface area contributed by atoms with Gasteiger partial charge in [0.15, 0.2) is 0 Å². The second kappa shape index (κ2) is 3.81. The summed E-state index contributed by atoms with van der Waals surface area (Å²) in [5.41, 5.74) is 0.551. The van der Waals surface area contributed by atoms with Crippen LogP contribution in [0, 0.1) is 0 Å². The van der Waals surface area contributed by atoms with Crippen molar-refractivity contribution in [2.75, 3.05) is 5.32 Å². The van der Waals surface area contributed by atoms with E-state index in [1.54, 1.807) is 12.3 Å². The first-order valence-corrected chi connectivity index (χ1v) is 4.15. The Morgan fingerprint density at radius 1 is 1.58 bits per heavy atom. The molecule has 4 heteroatoms. The summed E-state index contributed by atoms with van der Waals surface area (Å²) in [4.78, 5) is 4.06. The summed E-state index contributed by atoms with van der Waals surface area (Å²) in [6, 6.07) is 2.07. The SMILES string of the molecule is [B]c1cc(NC(C)C)ncc1Cl. The lowest BCUT2D eigenvalue weighted by Crippen LogP contribution is -2.14. The van der Waals surface area contributed by atoms with Gasteiger partial charge in [0.25, 0.3) is 0 Å². The first kappa shape index (κ1) is 9.39. The highest BCUT2D eigenvalue weighted by atomic mass is 35.5. The molecule has 0 aliphatic heterocycles. The Labute approximate surface area is 78.8 Å². The van der Waals surface area contributed by atoms with Crippen LogP contribution >= 0.6 is 11.6 Å². The van der Waals surface area contributed by atoms with Gasteiger partial charge in [0.1, 0.15) is 13.7 Å². The van der Waals surface area contributed by atoms with Crippen molar-refractivity contribution in [3.63, 3.8) is 0 Å². The Bertz CT molecular complexity index is 276. The molecule has 0 amide bonds. The highest BCUT2D eigenvalue weighted by Crippen LogP contribution is 2.07. The second-order valence-corrected chi connectivity index (χ2v) is 3.30. The Kier molecular flexibility index (Phi) is 2.98. The minimum absolute atomic E-state index is 0.345. The van der Waals surface area contributed by atoms with Crippen LogP contribution in [0.5, 0.6) is 0 Å². The molecule has 0 unspecified atom stereocenters. The third-order valence-corrected chi connectivity index (χ3v) is 1.64. The maximum absolute atomic E-state index is 5.70. The van der Waals surface area contributed by atoms with E-state index in [1.165, 1.54) is 0 Å². The van der Waals surface area contributed by atoms with Crippen molar-refractivity contribution in [3.8, 4) is 0 Å². The molecule has 2 nitrogen and oxygen atoms in total. The van der Waals surface area contributed by atoms with Gasteiger partial charge in [-0.25, -0.2) is 4.98 Å². The zero-order chi connectivity index (χ0) is 9.14. The second-order valence-electron chi connectivity index (χ2n) is 2.89. The minimum atomic E-state index is 0.345. The van der Waals surface area contributed by atoms with Gasteiger partial charge >= 0.3 is 0 Å². The molecule has 1 heterocycles. The van der Waals surface area contributed by atoms with Gasteiger partial charge in [0.05, 0.1) is 5.02 Å². The average Bonchev–Trinajstić information content (AvgIpc) is 1.96. The summed E-state index contributed by atoms with van der Waals surface area (Å²) in [7, 11) is 5.58. The van der Waals surface area contributed by atoms with E-state index >= 15 is 0 Å². The maximum atomic E-state index is 5.70. The summed E-state index contributed by atoms with van der Waals surface area (Å²) < 4.78 is 0. The molecular weight excluding hydrogens is 170 g/mol. The van der Waals surface area contributed by atoms with E-state index in [-0.39, 0.29) is 0 Å². The Balaban J connectivity index is 2.82. The fourth-order valence-electron chi connectivity index (χ4n) is 0.829. The van der Waals surface area contributed by atoms with Crippen molar-refractivity contribution in [2.45, 2.75) is 19.9 Å². The van der Waals surface area contributed by atoms with Crippen LogP contribution < -0.4 is 10.8 Å². The van der Waals surface area contributed by atoms with Crippen LogP contribution in [0.4, 0.5) is 5.82 Å². The molecule has 62 valence electrons. The van der Waals surface area contributed by atoms with Gasteiger partial charge in [-0.15, -0.1) is 0 Å². The van der Waals surface area contributed by atoms with Gasteiger partial charge in [-0.05, 0) is 19.9 Å². The molecule has 12 heavy (non-hydrogen) atoms. The summed E-state index contributed by atoms with van der Waals surface area (Å²) in [5, 5.41) is 3.61. The minimum Gasteiger partial charge on any atom is -0.368 e. The number of pyridine rings is 1. The van der Waals surface area contributed by atoms with Gasteiger partial charge in [0, 0.05) is 12.2 Å². The zero-order valence-corrected chi connectivity index (χ0v) is 7.89. The van der Waals surface area contributed by atoms with E-state index in [1.807, 2.05) is 13.8 Å². The van der Waals surface area contributed by atoms with Gasteiger partial charge in [-0.3, -0.25) is 0 Å². The summed E-state index contributed by atoms with van der Waals surface area (Å²) >= 11 is 5.70. The van der Waals surface area contributed by atoms with E-state index < -0.39 is 0 Å². The molecular formula is C8H10BClN2. The first-order valence-electron chi connectivity index (χ1n) is 3.77. The van der Waals surface area contributed by atoms with Gasteiger partial charge in [0.2, 0.25) is 0 Å². The van der Waals surface area contributed by atoms with Crippen LogP contribution in [0.15, 0.2) is 12.3 Å². The molecule has 0 saturated heterocycles. The Hall–Kier alpha value is -0.695. The van der Waals surface area contributed by atoms with Crippen molar-refractivity contribution >= 4 is 30.7 Å². The molecule has 1 aromatic heterocycles. The smallest absolute Gasteiger partial charge is 0.125 e. The van der Waals surface area contributed by atoms with Crippen LogP contribution in [-0.4, -0.2) is 18.9 Å². The topological polar surface area (TPSA) is 24.9 Å². The number of hydrogen-bond acceptors (Lipinski definition) is 2. The predicted octanol–water partition coefficient (Wildman–Crippen LogP) is 1.35. The third-order valence-electron chi connectivity index (χ3n) is 1.32. The van der Waals surface area contributed by atoms with E-state index in [9.17, 15) is 0 Å². The fraction of sp³-hybridized carbons (Fsp3) is 0.375. The molecule has 1 N–H and O–H groups in total. The summed E-state index contributed by atoms with van der Waals surface area (Å²) in [6.07, 6.45) is 1.54. The zero-order valence-electron chi connectivity index (χ0n) is 7.13. The number of anilines is 1. The van der Waals surface area contributed by atoms with Crippen LogP contribution in [0.1, 0.15) is 13.8 Å². The van der Waals surface area contributed by atoms with E-state index in [4.69, 9.17) is 19.4 Å². The van der Waals surface area contributed by atoms with Crippen molar-refractivity contribution in [1.82, 2.24) is 4.98 Å². The van der Waals surface area contributed by atoms with E-state index in [0.717, 1.165) is 5.82 Å². The van der Waals surface area contributed by atoms with Gasteiger partial charge in [-0.1, -0.05) is 17.1 Å². The molecule has 0 fully saturated rings. The average molecular weight is 180 g/mol. The predicted molar refractivity (Wildman–Crippen MR) is 53.4 cm³/mol. The largest absolute Gasteiger partial charge is 0.368 e.